The SMILES string of the molecule is COc1ccc(-c2csc(NC(=O)C(C)Sc3ccc(NC(=O)c4ccc([N+](=O)[O-])cc4)cc3)n2)cc1. The van der Waals surface area contributed by atoms with Gasteiger partial charge in [-0.05, 0) is 67.6 Å². The molecular formula is C26H22N4O5S2. The number of amides is 2. The Morgan fingerprint density at radius 1 is 1.00 bits per heavy atom. The van der Waals surface area contributed by atoms with Gasteiger partial charge in [0.05, 0.1) is 23.0 Å². The zero-order chi connectivity index (χ0) is 26.4. The third-order valence-electron chi connectivity index (χ3n) is 5.25. The molecule has 4 rings (SSSR count). The number of anilines is 2. The fourth-order valence-electron chi connectivity index (χ4n) is 3.24. The molecular weight excluding hydrogens is 512 g/mol. The van der Waals surface area contributed by atoms with Crippen LogP contribution in [0.25, 0.3) is 11.3 Å². The lowest BCUT2D eigenvalue weighted by molar-refractivity contribution is -0.384. The number of nitro groups is 1. The molecule has 3 aromatic carbocycles. The van der Waals surface area contributed by atoms with Gasteiger partial charge in [-0.3, -0.25) is 19.7 Å². The average Bonchev–Trinajstić information content (AvgIpc) is 3.38. The van der Waals surface area contributed by atoms with Gasteiger partial charge in [0.25, 0.3) is 11.6 Å². The monoisotopic (exact) mass is 534 g/mol. The first-order valence-electron chi connectivity index (χ1n) is 11.1. The van der Waals surface area contributed by atoms with E-state index in [1.807, 2.05) is 48.7 Å². The van der Waals surface area contributed by atoms with Gasteiger partial charge in [0.15, 0.2) is 5.13 Å². The number of hydrogen-bond acceptors (Lipinski definition) is 8. The predicted octanol–water partition coefficient (Wildman–Crippen LogP) is 6.10. The van der Waals surface area contributed by atoms with Crippen LogP contribution >= 0.6 is 23.1 Å². The van der Waals surface area contributed by atoms with E-state index in [-0.39, 0.29) is 22.8 Å². The normalized spacial score (nSPS) is 11.4. The van der Waals surface area contributed by atoms with Gasteiger partial charge in [-0.2, -0.15) is 0 Å². The molecule has 2 N–H and O–H groups in total. The highest BCUT2D eigenvalue weighted by Gasteiger charge is 2.17. The molecule has 0 saturated heterocycles. The van der Waals surface area contributed by atoms with Crippen molar-refractivity contribution in [1.82, 2.24) is 4.98 Å². The Morgan fingerprint density at radius 2 is 1.68 bits per heavy atom. The summed E-state index contributed by atoms with van der Waals surface area (Å²) >= 11 is 2.74. The number of thiazole rings is 1. The second kappa shape index (κ2) is 11.7. The van der Waals surface area contributed by atoms with Gasteiger partial charge in [0.1, 0.15) is 5.75 Å². The number of non-ortho nitro benzene ring substituents is 1. The fraction of sp³-hybridized carbons (Fsp3) is 0.115. The van der Waals surface area contributed by atoms with Gasteiger partial charge < -0.3 is 15.4 Å². The van der Waals surface area contributed by atoms with E-state index in [2.05, 4.69) is 15.6 Å². The maximum Gasteiger partial charge on any atom is 0.269 e. The predicted molar refractivity (Wildman–Crippen MR) is 146 cm³/mol. The molecule has 0 saturated carbocycles. The largest absolute Gasteiger partial charge is 0.497 e. The Balaban J connectivity index is 1.30. The highest BCUT2D eigenvalue weighted by Crippen LogP contribution is 2.29. The maximum atomic E-state index is 12.7. The second-order valence-corrected chi connectivity index (χ2v) is 10.1. The Morgan fingerprint density at radius 3 is 2.30 bits per heavy atom. The van der Waals surface area contributed by atoms with Crippen molar-refractivity contribution < 1.29 is 19.2 Å². The van der Waals surface area contributed by atoms with Crippen molar-refractivity contribution in [3.63, 3.8) is 0 Å². The summed E-state index contributed by atoms with van der Waals surface area (Å²) < 4.78 is 5.18. The van der Waals surface area contributed by atoms with Crippen LogP contribution in [0.4, 0.5) is 16.5 Å². The smallest absolute Gasteiger partial charge is 0.269 e. The molecule has 11 heteroatoms. The quantitative estimate of drug-likeness (QED) is 0.151. The van der Waals surface area contributed by atoms with Crippen LogP contribution in [0.3, 0.4) is 0 Å². The number of carbonyl (C=O) groups is 2. The Bertz CT molecular complexity index is 1400. The molecule has 0 aliphatic carbocycles. The molecule has 0 bridgehead atoms. The molecule has 2 amide bonds. The number of benzene rings is 3. The molecule has 0 aliphatic heterocycles. The summed E-state index contributed by atoms with van der Waals surface area (Å²) in [6.45, 7) is 1.81. The first-order valence-corrected chi connectivity index (χ1v) is 12.8. The van der Waals surface area contributed by atoms with Gasteiger partial charge in [0.2, 0.25) is 5.91 Å². The number of thioether (sulfide) groups is 1. The molecule has 188 valence electrons. The van der Waals surface area contributed by atoms with E-state index in [0.29, 0.717) is 16.4 Å². The summed E-state index contributed by atoms with van der Waals surface area (Å²) in [5.41, 5.74) is 2.50. The van der Waals surface area contributed by atoms with Crippen LogP contribution in [0.5, 0.6) is 5.75 Å². The number of nitro benzene ring substituents is 1. The van der Waals surface area contributed by atoms with E-state index in [0.717, 1.165) is 21.9 Å². The molecule has 37 heavy (non-hydrogen) atoms. The van der Waals surface area contributed by atoms with Crippen LogP contribution in [0, 0.1) is 10.1 Å². The number of methoxy groups -OCH3 is 1. The minimum atomic E-state index is -0.518. The van der Waals surface area contributed by atoms with Crippen molar-refractivity contribution >= 4 is 51.4 Å². The maximum absolute atomic E-state index is 12.7. The van der Waals surface area contributed by atoms with Crippen LogP contribution in [-0.4, -0.2) is 34.1 Å². The second-order valence-electron chi connectivity index (χ2n) is 7.80. The number of rotatable bonds is 9. The molecule has 1 atom stereocenters. The summed E-state index contributed by atoms with van der Waals surface area (Å²) in [5, 5.41) is 18.4. The fourth-order valence-corrected chi connectivity index (χ4v) is 4.83. The molecule has 4 aromatic rings. The zero-order valence-corrected chi connectivity index (χ0v) is 21.5. The first-order chi connectivity index (χ1) is 17.8. The van der Waals surface area contributed by atoms with Crippen molar-refractivity contribution in [1.29, 1.82) is 0 Å². The number of ether oxygens (including phenoxy) is 1. The van der Waals surface area contributed by atoms with Gasteiger partial charge in [-0.1, -0.05) is 0 Å². The topological polar surface area (TPSA) is 123 Å². The Hall–Kier alpha value is -4.22. The van der Waals surface area contributed by atoms with Crippen LogP contribution in [0.1, 0.15) is 17.3 Å². The lowest BCUT2D eigenvalue weighted by Gasteiger charge is -2.11. The van der Waals surface area contributed by atoms with E-state index in [1.54, 1.807) is 19.2 Å². The molecule has 0 aliphatic rings. The molecule has 0 radical (unpaired) electrons. The molecule has 9 nitrogen and oxygen atoms in total. The molecule has 1 aromatic heterocycles. The standard InChI is InChI=1S/C26H22N4O5S2/c1-16(24(31)29-26-28-23(15-36-26)17-5-11-21(35-2)12-6-17)37-22-13-7-19(8-14-22)27-25(32)18-3-9-20(10-4-18)30(33)34/h3-16H,1-2H3,(H,27,32)(H,28,29,31). The summed E-state index contributed by atoms with van der Waals surface area (Å²) in [6.07, 6.45) is 0. The number of carbonyl (C=O) groups excluding carboxylic acids is 2. The number of nitrogens with one attached hydrogen (secondary N) is 2. The van der Waals surface area contributed by atoms with Crippen LogP contribution in [-0.2, 0) is 4.79 Å². The van der Waals surface area contributed by atoms with Gasteiger partial charge in [-0.25, -0.2) is 4.98 Å². The van der Waals surface area contributed by atoms with Gasteiger partial charge >= 0.3 is 0 Å². The Labute approximate surface area is 221 Å². The molecule has 0 fully saturated rings. The van der Waals surface area contributed by atoms with E-state index < -0.39 is 4.92 Å². The van der Waals surface area contributed by atoms with Crippen molar-refractivity contribution in [3.8, 4) is 17.0 Å². The third-order valence-corrected chi connectivity index (χ3v) is 7.12. The van der Waals surface area contributed by atoms with E-state index >= 15 is 0 Å². The Kier molecular flexibility index (Phi) is 8.16. The van der Waals surface area contributed by atoms with Crippen LogP contribution < -0.4 is 15.4 Å². The van der Waals surface area contributed by atoms with E-state index in [9.17, 15) is 19.7 Å². The number of hydrogen-bond donors (Lipinski definition) is 2. The lowest BCUT2D eigenvalue weighted by atomic mass is 10.2. The lowest BCUT2D eigenvalue weighted by Crippen LogP contribution is -2.22. The van der Waals surface area contributed by atoms with Gasteiger partial charge in [0, 0.05) is 39.2 Å². The van der Waals surface area contributed by atoms with E-state index in [4.69, 9.17) is 4.74 Å². The first kappa shape index (κ1) is 25.9. The molecule has 1 unspecified atom stereocenters. The highest BCUT2D eigenvalue weighted by atomic mass is 32.2. The minimum absolute atomic E-state index is 0.0800. The summed E-state index contributed by atoms with van der Waals surface area (Å²) in [7, 11) is 1.61. The highest BCUT2D eigenvalue weighted by molar-refractivity contribution is 8.00. The zero-order valence-electron chi connectivity index (χ0n) is 19.8. The summed E-state index contributed by atoms with van der Waals surface area (Å²) in [6, 6.07) is 20.0. The minimum Gasteiger partial charge on any atom is -0.497 e. The van der Waals surface area contributed by atoms with Crippen molar-refractivity contribution in [2.45, 2.75) is 17.1 Å². The number of aromatic nitrogens is 1. The van der Waals surface area contributed by atoms with Crippen molar-refractivity contribution in [2.24, 2.45) is 0 Å². The van der Waals surface area contributed by atoms with Gasteiger partial charge in [-0.15, -0.1) is 23.1 Å². The van der Waals surface area contributed by atoms with Crippen molar-refractivity contribution in [2.75, 3.05) is 17.7 Å². The molecule has 0 spiro atoms. The van der Waals surface area contributed by atoms with Crippen molar-refractivity contribution in [3.05, 3.63) is 93.9 Å². The number of nitrogens with zero attached hydrogens (tertiary/aromatic N) is 2. The average molecular weight is 535 g/mol. The summed E-state index contributed by atoms with van der Waals surface area (Å²) in [4.78, 5) is 40.7. The summed E-state index contributed by atoms with van der Waals surface area (Å²) in [5.74, 6) is 0.218. The molecule has 1 heterocycles. The van der Waals surface area contributed by atoms with Crippen LogP contribution in [0.2, 0.25) is 0 Å². The van der Waals surface area contributed by atoms with Crippen LogP contribution in [0.15, 0.2) is 83.1 Å². The van der Waals surface area contributed by atoms with E-state index in [1.165, 1.54) is 47.4 Å². The third kappa shape index (κ3) is 6.72.